The largest absolute Gasteiger partial charge is 0.467 e. The van der Waals surface area contributed by atoms with Crippen LogP contribution in [0.5, 0.6) is 0 Å². The quantitative estimate of drug-likeness (QED) is 0.730. The van der Waals surface area contributed by atoms with E-state index in [1.807, 2.05) is 20.8 Å². The van der Waals surface area contributed by atoms with Crippen LogP contribution in [-0.4, -0.2) is 61.4 Å². The topological polar surface area (TPSA) is 97.0 Å². The Balaban J connectivity index is 2.06. The molecule has 1 aliphatic carbocycles. The maximum absolute atomic E-state index is 13.0. The van der Waals surface area contributed by atoms with E-state index in [1.165, 1.54) is 12.0 Å². The molecule has 0 spiro atoms. The van der Waals surface area contributed by atoms with Gasteiger partial charge >= 0.3 is 12.1 Å². The van der Waals surface area contributed by atoms with Crippen LogP contribution in [0.25, 0.3) is 0 Å². The van der Waals surface area contributed by atoms with E-state index in [4.69, 9.17) is 9.47 Å². The molecule has 8 nitrogen and oxygen atoms in total. The molecular weight excluding hydrogens is 326 g/mol. The molecule has 142 valence electrons. The summed E-state index contributed by atoms with van der Waals surface area (Å²) < 4.78 is 10.2. The molecule has 0 aromatic rings. The number of ether oxygens (including phenoxy) is 2. The van der Waals surface area contributed by atoms with E-state index in [0.717, 1.165) is 25.7 Å². The molecule has 2 atom stereocenters. The number of esters is 1. The van der Waals surface area contributed by atoms with Crippen LogP contribution in [0.1, 0.15) is 46.5 Å². The van der Waals surface area contributed by atoms with Crippen molar-refractivity contribution in [3.8, 4) is 0 Å². The number of hydrogen-bond acceptors (Lipinski definition) is 6. The van der Waals surface area contributed by atoms with Gasteiger partial charge in [-0.05, 0) is 31.1 Å². The van der Waals surface area contributed by atoms with E-state index in [0.29, 0.717) is 6.54 Å². The highest BCUT2D eigenvalue weighted by molar-refractivity contribution is 5.90. The summed E-state index contributed by atoms with van der Waals surface area (Å²) in [5, 5.41) is 5.70. The van der Waals surface area contributed by atoms with Crippen molar-refractivity contribution in [2.75, 3.05) is 20.3 Å². The third-order valence-electron chi connectivity index (χ3n) is 4.70. The molecule has 1 saturated carbocycles. The maximum Gasteiger partial charge on any atom is 0.408 e. The van der Waals surface area contributed by atoms with Crippen LogP contribution in [-0.2, 0) is 19.1 Å². The summed E-state index contributed by atoms with van der Waals surface area (Å²) in [6.07, 6.45) is 3.18. The van der Waals surface area contributed by atoms with E-state index < -0.39 is 29.6 Å². The minimum atomic E-state index is -0.798. The molecule has 2 fully saturated rings. The van der Waals surface area contributed by atoms with E-state index >= 15 is 0 Å². The summed E-state index contributed by atoms with van der Waals surface area (Å²) in [5.41, 5.74) is -0.533. The molecule has 0 unspecified atom stereocenters. The number of rotatable bonds is 4. The Hall–Kier alpha value is -1.83. The Morgan fingerprint density at radius 3 is 2.40 bits per heavy atom. The Kier molecular flexibility index (Phi) is 6.26. The van der Waals surface area contributed by atoms with Crippen molar-refractivity contribution in [2.24, 2.45) is 5.41 Å². The molecule has 2 N–H and O–H groups in total. The van der Waals surface area contributed by atoms with Crippen LogP contribution in [0, 0.1) is 5.41 Å². The van der Waals surface area contributed by atoms with Gasteiger partial charge in [0.05, 0.1) is 13.8 Å². The van der Waals surface area contributed by atoms with Gasteiger partial charge in [0.2, 0.25) is 5.91 Å². The molecule has 0 aromatic carbocycles. The molecule has 0 bridgehead atoms. The normalized spacial score (nSPS) is 22.6. The Morgan fingerprint density at radius 1 is 1.20 bits per heavy atom. The summed E-state index contributed by atoms with van der Waals surface area (Å²) in [7, 11) is 1.29. The van der Waals surface area contributed by atoms with E-state index in [1.54, 1.807) is 0 Å². The standard InChI is InChI=1S/C17H29N3O5/c1-17(2,3)13(19-16(23)25-11-7-5-6-8-11)14(21)20-10-18-9-12(20)15(22)24-4/h11-13,18H,5-10H2,1-4H3,(H,19,23)/t12-,13+/m0/s1. The fraction of sp³-hybridized carbons (Fsp3) is 0.824. The second-order valence-electron chi connectivity index (χ2n) is 7.71. The molecule has 2 rings (SSSR count). The number of carbonyl (C=O) groups is 3. The maximum atomic E-state index is 13.0. The van der Waals surface area contributed by atoms with Gasteiger partial charge in [0.25, 0.3) is 0 Å². The number of alkyl carbamates (subject to hydrolysis) is 1. The van der Waals surface area contributed by atoms with E-state index in [9.17, 15) is 14.4 Å². The number of nitrogens with one attached hydrogen (secondary N) is 2. The molecule has 2 amide bonds. The van der Waals surface area contributed by atoms with Gasteiger partial charge in [-0.2, -0.15) is 0 Å². The lowest BCUT2D eigenvalue weighted by molar-refractivity contribution is -0.152. The summed E-state index contributed by atoms with van der Waals surface area (Å²) >= 11 is 0. The minimum absolute atomic E-state index is 0.0769. The first-order valence-electron chi connectivity index (χ1n) is 8.80. The summed E-state index contributed by atoms with van der Waals surface area (Å²) in [5.74, 6) is -0.796. The number of hydrogen-bond donors (Lipinski definition) is 2. The fourth-order valence-electron chi connectivity index (χ4n) is 3.24. The van der Waals surface area contributed by atoms with Crippen LogP contribution in [0.3, 0.4) is 0 Å². The zero-order valence-electron chi connectivity index (χ0n) is 15.5. The van der Waals surface area contributed by atoms with Gasteiger partial charge < -0.3 is 19.7 Å². The fourth-order valence-corrected chi connectivity index (χ4v) is 3.24. The highest BCUT2D eigenvalue weighted by Gasteiger charge is 2.42. The van der Waals surface area contributed by atoms with Crippen LogP contribution >= 0.6 is 0 Å². The molecule has 1 heterocycles. The summed E-state index contributed by atoms with van der Waals surface area (Å²) in [6.45, 7) is 6.17. The van der Waals surface area contributed by atoms with Crippen molar-refractivity contribution < 1.29 is 23.9 Å². The monoisotopic (exact) mass is 355 g/mol. The molecule has 25 heavy (non-hydrogen) atoms. The van der Waals surface area contributed by atoms with Crippen LogP contribution in [0.15, 0.2) is 0 Å². The molecule has 8 heteroatoms. The first-order valence-corrected chi connectivity index (χ1v) is 8.80. The lowest BCUT2D eigenvalue weighted by atomic mass is 9.85. The van der Waals surface area contributed by atoms with E-state index in [2.05, 4.69) is 10.6 Å². The Morgan fingerprint density at radius 2 is 1.84 bits per heavy atom. The highest BCUT2D eigenvalue weighted by atomic mass is 16.6. The highest BCUT2D eigenvalue weighted by Crippen LogP contribution is 2.24. The molecule has 0 radical (unpaired) electrons. The van der Waals surface area contributed by atoms with Gasteiger partial charge in [0.15, 0.2) is 0 Å². The van der Waals surface area contributed by atoms with Crippen LogP contribution in [0.2, 0.25) is 0 Å². The summed E-state index contributed by atoms with van der Waals surface area (Å²) in [4.78, 5) is 38.5. The Labute approximate surface area is 148 Å². The van der Waals surface area contributed by atoms with E-state index in [-0.39, 0.29) is 18.7 Å². The van der Waals surface area contributed by atoms with Crippen molar-refractivity contribution in [1.29, 1.82) is 0 Å². The first kappa shape index (κ1) is 19.5. The molecule has 2 aliphatic rings. The third-order valence-corrected chi connectivity index (χ3v) is 4.70. The number of methoxy groups -OCH3 is 1. The van der Waals surface area contributed by atoms with Gasteiger partial charge in [0, 0.05) is 6.54 Å². The lowest BCUT2D eigenvalue weighted by Crippen LogP contribution is -2.57. The van der Waals surface area contributed by atoms with Gasteiger partial charge in [-0.3, -0.25) is 10.1 Å². The SMILES string of the molecule is COC(=O)[C@@H]1CNCN1C(=O)[C@@H](NC(=O)OC1CCCC1)C(C)(C)C. The molecule has 1 saturated heterocycles. The zero-order valence-corrected chi connectivity index (χ0v) is 15.5. The predicted octanol–water partition coefficient (Wildman–Crippen LogP) is 1.00. The molecular formula is C17H29N3O5. The third kappa shape index (κ3) is 4.84. The minimum Gasteiger partial charge on any atom is -0.467 e. The van der Waals surface area contributed by atoms with Crippen LogP contribution in [0.4, 0.5) is 4.79 Å². The second kappa shape index (κ2) is 8.03. The predicted molar refractivity (Wildman–Crippen MR) is 90.6 cm³/mol. The van der Waals surface area contributed by atoms with Crippen molar-refractivity contribution in [1.82, 2.24) is 15.5 Å². The van der Waals surface area contributed by atoms with Crippen molar-refractivity contribution in [2.45, 2.75) is 64.6 Å². The second-order valence-corrected chi connectivity index (χ2v) is 7.71. The van der Waals surface area contributed by atoms with Gasteiger partial charge in [-0.15, -0.1) is 0 Å². The molecule has 1 aliphatic heterocycles. The first-order chi connectivity index (χ1) is 11.7. The molecule has 0 aromatic heterocycles. The van der Waals surface area contributed by atoms with Gasteiger partial charge in [-0.1, -0.05) is 20.8 Å². The van der Waals surface area contributed by atoms with Gasteiger partial charge in [0.1, 0.15) is 18.2 Å². The average Bonchev–Trinajstić information content (AvgIpc) is 3.21. The van der Waals surface area contributed by atoms with Gasteiger partial charge in [-0.25, -0.2) is 9.59 Å². The smallest absolute Gasteiger partial charge is 0.408 e. The van der Waals surface area contributed by atoms with Crippen molar-refractivity contribution >= 4 is 18.0 Å². The Bertz CT molecular complexity index is 511. The van der Waals surface area contributed by atoms with Crippen LogP contribution < -0.4 is 10.6 Å². The average molecular weight is 355 g/mol. The number of carbonyl (C=O) groups excluding carboxylic acids is 3. The lowest BCUT2D eigenvalue weighted by Gasteiger charge is -2.34. The van der Waals surface area contributed by atoms with Crippen molar-refractivity contribution in [3.63, 3.8) is 0 Å². The zero-order chi connectivity index (χ0) is 18.6. The summed E-state index contributed by atoms with van der Waals surface area (Å²) in [6, 6.07) is -1.48. The number of amides is 2. The van der Waals surface area contributed by atoms with Crippen molar-refractivity contribution in [3.05, 3.63) is 0 Å². The number of nitrogens with zero attached hydrogens (tertiary/aromatic N) is 1.